The number of carbonyl (C=O) groups is 2. The number of hydrogen-bond acceptors (Lipinski definition) is 5. The SMILES string of the molecule is O=C(N/N=C\c1cccc(OC(=O)c2cccc(Br)c2)c1)c1cncc(Br)c1. The first-order valence-electron chi connectivity index (χ1n) is 8.03. The first kappa shape index (κ1) is 19.9. The van der Waals surface area contributed by atoms with Crippen molar-refractivity contribution in [1.82, 2.24) is 10.4 Å². The molecular formula is C20H13Br2N3O3. The maximum absolute atomic E-state index is 12.2. The highest BCUT2D eigenvalue weighted by Gasteiger charge is 2.09. The summed E-state index contributed by atoms with van der Waals surface area (Å²) in [5.41, 5.74) is 3.89. The maximum atomic E-state index is 12.2. The van der Waals surface area contributed by atoms with Crippen LogP contribution in [0.2, 0.25) is 0 Å². The van der Waals surface area contributed by atoms with E-state index in [9.17, 15) is 9.59 Å². The van der Waals surface area contributed by atoms with Gasteiger partial charge in [-0.2, -0.15) is 5.10 Å². The molecule has 1 aromatic heterocycles. The number of nitrogens with one attached hydrogen (secondary N) is 1. The number of rotatable bonds is 5. The van der Waals surface area contributed by atoms with E-state index in [1.165, 1.54) is 12.4 Å². The largest absolute Gasteiger partial charge is 0.423 e. The van der Waals surface area contributed by atoms with Gasteiger partial charge >= 0.3 is 5.97 Å². The van der Waals surface area contributed by atoms with Crippen LogP contribution in [-0.4, -0.2) is 23.1 Å². The van der Waals surface area contributed by atoms with Crippen LogP contribution >= 0.6 is 31.9 Å². The Morgan fingerprint density at radius 3 is 2.54 bits per heavy atom. The Morgan fingerprint density at radius 1 is 0.964 bits per heavy atom. The van der Waals surface area contributed by atoms with Gasteiger partial charge in [-0.05, 0) is 57.9 Å². The summed E-state index contributed by atoms with van der Waals surface area (Å²) in [6.07, 6.45) is 4.48. The minimum absolute atomic E-state index is 0.372. The monoisotopic (exact) mass is 501 g/mol. The van der Waals surface area contributed by atoms with E-state index in [0.29, 0.717) is 26.9 Å². The van der Waals surface area contributed by atoms with E-state index in [-0.39, 0.29) is 5.91 Å². The second-order valence-corrected chi connectivity index (χ2v) is 7.39. The van der Waals surface area contributed by atoms with Gasteiger partial charge in [-0.1, -0.05) is 34.1 Å². The molecule has 28 heavy (non-hydrogen) atoms. The number of aromatic nitrogens is 1. The van der Waals surface area contributed by atoms with Crippen molar-refractivity contribution in [3.8, 4) is 5.75 Å². The number of nitrogens with zero attached hydrogens (tertiary/aromatic N) is 2. The lowest BCUT2D eigenvalue weighted by Gasteiger charge is -2.05. The molecule has 0 saturated heterocycles. The number of esters is 1. The third-order valence-electron chi connectivity index (χ3n) is 3.48. The molecule has 0 atom stereocenters. The molecule has 6 nitrogen and oxygen atoms in total. The lowest BCUT2D eigenvalue weighted by atomic mass is 10.2. The zero-order valence-corrected chi connectivity index (χ0v) is 17.5. The van der Waals surface area contributed by atoms with Crippen molar-refractivity contribution < 1.29 is 14.3 Å². The van der Waals surface area contributed by atoms with Crippen LogP contribution in [0.25, 0.3) is 0 Å². The van der Waals surface area contributed by atoms with Crippen molar-refractivity contribution in [2.45, 2.75) is 0 Å². The van der Waals surface area contributed by atoms with Crippen molar-refractivity contribution in [2.24, 2.45) is 5.10 Å². The van der Waals surface area contributed by atoms with Crippen LogP contribution in [-0.2, 0) is 0 Å². The van der Waals surface area contributed by atoms with Gasteiger partial charge in [0.2, 0.25) is 0 Å². The number of pyridine rings is 1. The highest BCUT2D eigenvalue weighted by atomic mass is 79.9. The number of benzene rings is 2. The van der Waals surface area contributed by atoms with Gasteiger partial charge < -0.3 is 4.74 Å². The van der Waals surface area contributed by atoms with Crippen molar-refractivity contribution in [2.75, 3.05) is 0 Å². The molecule has 3 rings (SSSR count). The molecule has 2 aromatic carbocycles. The van der Waals surface area contributed by atoms with Gasteiger partial charge in [0.1, 0.15) is 5.75 Å². The van der Waals surface area contributed by atoms with E-state index < -0.39 is 5.97 Å². The zero-order valence-electron chi connectivity index (χ0n) is 14.3. The Hall–Kier alpha value is -2.84. The van der Waals surface area contributed by atoms with Crippen molar-refractivity contribution in [3.63, 3.8) is 0 Å². The second kappa shape index (κ2) is 9.38. The van der Waals surface area contributed by atoms with E-state index in [2.05, 4.69) is 47.4 Å². The summed E-state index contributed by atoms with van der Waals surface area (Å²) in [5, 5.41) is 3.92. The third kappa shape index (κ3) is 5.58. The van der Waals surface area contributed by atoms with Gasteiger partial charge in [0.05, 0.1) is 17.3 Å². The van der Waals surface area contributed by atoms with E-state index in [1.54, 1.807) is 54.7 Å². The Bertz CT molecular complexity index is 1050. The molecule has 140 valence electrons. The number of carbonyl (C=O) groups excluding carboxylic acids is 2. The van der Waals surface area contributed by atoms with Gasteiger partial charge in [-0.15, -0.1) is 0 Å². The summed E-state index contributed by atoms with van der Waals surface area (Å²) in [6.45, 7) is 0. The highest BCUT2D eigenvalue weighted by molar-refractivity contribution is 9.10. The first-order chi connectivity index (χ1) is 13.5. The molecule has 0 aliphatic rings. The van der Waals surface area contributed by atoms with Crippen LogP contribution < -0.4 is 10.2 Å². The molecule has 0 radical (unpaired) electrons. The Kier molecular flexibility index (Phi) is 6.67. The summed E-state index contributed by atoms with van der Waals surface area (Å²) < 4.78 is 6.87. The Balaban J connectivity index is 1.63. The molecule has 1 amide bonds. The fourth-order valence-electron chi connectivity index (χ4n) is 2.21. The quantitative estimate of drug-likeness (QED) is 0.239. The fourth-order valence-corrected chi connectivity index (χ4v) is 2.97. The topological polar surface area (TPSA) is 80.6 Å². The lowest BCUT2D eigenvalue weighted by molar-refractivity contribution is 0.0734. The average Bonchev–Trinajstić information content (AvgIpc) is 2.68. The predicted octanol–water partition coefficient (Wildman–Crippen LogP) is 4.59. The highest BCUT2D eigenvalue weighted by Crippen LogP contribution is 2.17. The summed E-state index contributed by atoms with van der Waals surface area (Å²) in [6, 6.07) is 15.4. The van der Waals surface area contributed by atoms with Gasteiger partial charge in [0.15, 0.2) is 0 Å². The van der Waals surface area contributed by atoms with Crippen molar-refractivity contribution in [1.29, 1.82) is 0 Å². The Morgan fingerprint density at radius 2 is 1.75 bits per heavy atom. The minimum atomic E-state index is -0.467. The van der Waals surface area contributed by atoms with Crippen molar-refractivity contribution >= 4 is 50.0 Å². The average molecular weight is 503 g/mol. The summed E-state index contributed by atoms with van der Waals surface area (Å²) in [5.74, 6) is -0.482. The van der Waals surface area contributed by atoms with Gasteiger partial charge in [0.25, 0.3) is 5.91 Å². The molecule has 0 aliphatic carbocycles. The fraction of sp³-hybridized carbons (Fsp3) is 0. The summed E-state index contributed by atoms with van der Waals surface area (Å²) in [7, 11) is 0. The molecule has 0 saturated carbocycles. The molecule has 0 aliphatic heterocycles. The molecule has 3 aromatic rings. The Labute approximate surface area is 177 Å². The number of halogens is 2. The van der Waals surface area contributed by atoms with Crippen LogP contribution in [0.15, 0.2) is 81.0 Å². The first-order valence-corrected chi connectivity index (χ1v) is 9.61. The van der Waals surface area contributed by atoms with Crippen LogP contribution in [0.3, 0.4) is 0 Å². The van der Waals surface area contributed by atoms with Gasteiger partial charge in [-0.25, -0.2) is 10.2 Å². The maximum Gasteiger partial charge on any atom is 0.343 e. The van der Waals surface area contributed by atoms with Gasteiger partial charge in [-0.3, -0.25) is 9.78 Å². The van der Waals surface area contributed by atoms with Crippen LogP contribution in [0.5, 0.6) is 5.75 Å². The zero-order chi connectivity index (χ0) is 19.9. The van der Waals surface area contributed by atoms with Crippen LogP contribution in [0.1, 0.15) is 26.3 Å². The number of ether oxygens (including phenoxy) is 1. The molecule has 0 spiro atoms. The molecule has 0 bridgehead atoms. The predicted molar refractivity (Wildman–Crippen MR) is 113 cm³/mol. The number of hydrogen-bond donors (Lipinski definition) is 1. The minimum Gasteiger partial charge on any atom is -0.423 e. The molecular weight excluding hydrogens is 490 g/mol. The molecule has 8 heteroatoms. The van der Waals surface area contributed by atoms with Gasteiger partial charge in [0, 0.05) is 21.3 Å². The smallest absolute Gasteiger partial charge is 0.343 e. The number of amides is 1. The van der Waals surface area contributed by atoms with E-state index in [1.807, 2.05) is 6.07 Å². The van der Waals surface area contributed by atoms with Crippen LogP contribution in [0, 0.1) is 0 Å². The lowest BCUT2D eigenvalue weighted by Crippen LogP contribution is -2.17. The molecule has 1 N–H and O–H groups in total. The second-order valence-electron chi connectivity index (χ2n) is 5.56. The van der Waals surface area contributed by atoms with Crippen LogP contribution in [0.4, 0.5) is 0 Å². The summed E-state index contributed by atoms with van der Waals surface area (Å²) >= 11 is 6.58. The van der Waals surface area contributed by atoms with Crippen molar-refractivity contribution in [3.05, 3.63) is 92.6 Å². The standard InChI is InChI=1S/C20H13Br2N3O3/c21-16-5-2-4-14(8-16)20(27)28-18-6-1-3-13(7-18)10-24-25-19(26)15-9-17(22)12-23-11-15/h1-12H,(H,25,26)/b24-10-. The normalized spacial score (nSPS) is 10.6. The molecule has 0 unspecified atom stereocenters. The van der Waals surface area contributed by atoms with E-state index in [0.717, 1.165) is 4.47 Å². The number of hydrazone groups is 1. The molecule has 1 heterocycles. The summed E-state index contributed by atoms with van der Waals surface area (Å²) in [4.78, 5) is 28.2. The van der Waals surface area contributed by atoms with E-state index in [4.69, 9.17) is 4.74 Å². The third-order valence-corrected chi connectivity index (χ3v) is 4.40. The molecule has 0 fully saturated rings. The van der Waals surface area contributed by atoms with E-state index >= 15 is 0 Å².